The van der Waals surface area contributed by atoms with Crippen LogP contribution in [0.15, 0.2) is 48.7 Å². The summed E-state index contributed by atoms with van der Waals surface area (Å²) in [5.41, 5.74) is 1.74. The number of nitrogens with zero attached hydrogens (tertiary/aromatic N) is 1. The number of carbonyl (C=O) groups is 1. The summed E-state index contributed by atoms with van der Waals surface area (Å²) in [7, 11) is 0. The second-order valence-electron chi connectivity index (χ2n) is 9.10. The van der Waals surface area contributed by atoms with Crippen LogP contribution in [0.5, 0.6) is 11.5 Å². The van der Waals surface area contributed by atoms with Crippen LogP contribution in [-0.4, -0.2) is 55.4 Å². The molecule has 3 aliphatic heterocycles. The summed E-state index contributed by atoms with van der Waals surface area (Å²) < 4.78 is 61.6. The topological polar surface area (TPSA) is 57.2 Å². The highest BCUT2D eigenvalue weighted by atomic mass is 19.3. The Balaban J connectivity index is 1.32. The number of hydrogen-bond acceptors (Lipinski definition) is 5. The second kappa shape index (κ2) is 9.81. The van der Waals surface area contributed by atoms with Crippen molar-refractivity contribution in [2.24, 2.45) is 0 Å². The molecule has 2 saturated heterocycles. The maximum Gasteiger partial charge on any atom is 0.387 e. The summed E-state index contributed by atoms with van der Waals surface area (Å²) >= 11 is 0. The molecule has 0 N–H and O–H groups in total. The molecule has 6 nitrogen and oxygen atoms in total. The summed E-state index contributed by atoms with van der Waals surface area (Å²) in [6, 6.07) is 10.2. The van der Waals surface area contributed by atoms with Crippen LogP contribution in [0.1, 0.15) is 41.6 Å². The van der Waals surface area contributed by atoms with E-state index in [-0.39, 0.29) is 29.6 Å². The first kappa shape index (κ1) is 23.5. The van der Waals surface area contributed by atoms with Crippen molar-refractivity contribution in [2.75, 3.05) is 26.3 Å². The fraction of sp³-hybridized carbons (Fsp3) is 0.423. The summed E-state index contributed by atoms with van der Waals surface area (Å²) in [6.45, 7) is -1.03. The SMILES string of the molecule is O=C(c1ccc(F)cc1)N1CCCC(Oc2cc(C3=COC4(CCOC4)C3)ccc2OC(F)F)C1. The first-order valence-electron chi connectivity index (χ1n) is 11.7. The number of ether oxygens (including phenoxy) is 4. The van der Waals surface area contributed by atoms with Crippen molar-refractivity contribution in [3.63, 3.8) is 0 Å². The lowest BCUT2D eigenvalue weighted by Gasteiger charge is -2.33. The van der Waals surface area contributed by atoms with Crippen LogP contribution >= 0.6 is 0 Å². The third kappa shape index (κ3) is 5.24. The monoisotopic (exact) mass is 489 g/mol. The molecule has 2 atom stereocenters. The van der Waals surface area contributed by atoms with E-state index in [0.29, 0.717) is 44.6 Å². The molecule has 2 unspecified atom stereocenters. The minimum atomic E-state index is -3.00. The van der Waals surface area contributed by atoms with Crippen LogP contribution in [0, 0.1) is 5.82 Å². The summed E-state index contributed by atoms with van der Waals surface area (Å²) in [5, 5.41) is 0. The summed E-state index contributed by atoms with van der Waals surface area (Å²) in [6.07, 6.45) is 4.08. The van der Waals surface area contributed by atoms with Crippen LogP contribution in [0.2, 0.25) is 0 Å². The van der Waals surface area contributed by atoms with Gasteiger partial charge in [-0.15, -0.1) is 0 Å². The molecule has 9 heteroatoms. The lowest BCUT2D eigenvalue weighted by Crippen LogP contribution is -2.44. The van der Waals surface area contributed by atoms with E-state index < -0.39 is 18.5 Å². The fourth-order valence-corrected chi connectivity index (χ4v) is 4.78. The van der Waals surface area contributed by atoms with E-state index in [1.54, 1.807) is 23.3 Å². The van der Waals surface area contributed by atoms with Gasteiger partial charge in [-0.25, -0.2) is 4.39 Å². The smallest absolute Gasteiger partial charge is 0.387 e. The number of halogens is 3. The first-order chi connectivity index (χ1) is 16.9. The van der Waals surface area contributed by atoms with Gasteiger partial charge in [-0.3, -0.25) is 4.79 Å². The molecular formula is C26H26F3NO5. The van der Waals surface area contributed by atoms with Gasteiger partial charge in [-0.05, 0) is 60.4 Å². The van der Waals surface area contributed by atoms with Gasteiger partial charge in [0.15, 0.2) is 11.5 Å². The van der Waals surface area contributed by atoms with Gasteiger partial charge >= 0.3 is 6.61 Å². The van der Waals surface area contributed by atoms with Crippen molar-refractivity contribution >= 4 is 11.5 Å². The predicted molar refractivity (Wildman–Crippen MR) is 121 cm³/mol. The molecule has 2 aromatic carbocycles. The third-order valence-corrected chi connectivity index (χ3v) is 6.61. The van der Waals surface area contributed by atoms with E-state index in [1.807, 2.05) is 0 Å². The molecule has 3 aliphatic rings. The Bertz CT molecular complexity index is 1100. The van der Waals surface area contributed by atoms with Gasteiger partial charge in [0, 0.05) is 24.9 Å². The maximum atomic E-state index is 13.2. The van der Waals surface area contributed by atoms with Crippen molar-refractivity contribution < 1.29 is 36.9 Å². The van der Waals surface area contributed by atoms with Crippen LogP contribution < -0.4 is 9.47 Å². The number of piperidine rings is 1. The van der Waals surface area contributed by atoms with E-state index in [9.17, 15) is 18.0 Å². The van der Waals surface area contributed by atoms with Crippen LogP contribution in [0.25, 0.3) is 5.57 Å². The normalized spacial score (nSPS) is 23.9. The van der Waals surface area contributed by atoms with Gasteiger partial charge in [0.25, 0.3) is 5.91 Å². The van der Waals surface area contributed by atoms with Gasteiger partial charge in [0.1, 0.15) is 17.5 Å². The molecule has 35 heavy (non-hydrogen) atoms. The van der Waals surface area contributed by atoms with E-state index in [2.05, 4.69) is 0 Å². The van der Waals surface area contributed by atoms with Crippen molar-refractivity contribution in [2.45, 2.75) is 44.0 Å². The Labute approximate surface area is 201 Å². The Kier molecular flexibility index (Phi) is 6.60. The first-order valence-corrected chi connectivity index (χ1v) is 11.7. The van der Waals surface area contributed by atoms with E-state index >= 15 is 0 Å². The Morgan fingerprint density at radius 1 is 1.14 bits per heavy atom. The molecule has 0 saturated carbocycles. The summed E-state index contributed by atoms with van der Waals surface area (Å²) in [5.74, 6) is -0.520. The van der Waals surface area contributed by atoms with E-state index in [1.165, 1.54) is 30.3 Å². The van der Waals surface area contributed by atoms with Crippen LogP contribution in [0.3, 0.4) is 0 Å². The van der Waals surface area contributed by atoms with Crippen molar-refractivity contribution in [1.82, 2.24) is 4.90 Å². The lowest BCUT2D eigenvalue weighted by molar-refractivity contribution is -0.0524. The zero-order valence-corrected chi connectivity index (χ0v) is 19.1. The summed E-state index contributed by atoms with van der Waals surface area (Å²) in [4.78, 5) is 14.5. The molecule has 186 valence electrons. The van der Waals surface area contributed by atoms with Gasteiger partial charge in [0.05, 0.1) is 26.0 Å². The lowest BCUT2D eigenvalue weighted by atomic mass is 9.92. The highest BCUT2D eigenvalue weighted by molar-refractivity contribution is 5.94. The average molecular weight is 489 g/mol. The minimum Gasteiger partial charge on any atom is -0.492 e. The van der Waals surface area contributed by atoms with E-state index in [4.69, 9.17) is 18.9 Å². The number of amides is 1. The predicted octanol–water partition coefficient (Wildman–Crippen LogP) is 5.03. The zero-order valence-electron chi connectivity index (χ0n) is 19.1. The third-order valence-electron chi connectivity index (χ3n) is 6.61. The van der Waals surface area contributed by atoms with Gasteiger partial charge < -0.3 is 23.8 Å². The van der Waals surface area contributed by atoms with Gasteiger partial charge in [0.2, 0.25) is 0 Å². The molecule has 2 aromatic rings. The highest BCUT2D eigenvalue weighted by Crippen LogP contribution is 2.42. The quantitative estimate of drug-likeness (QED) is 0.570. The molecule has 1 spiro atoms. The average Bonchev–Trinajstić information content (AvgIpc) is 3.50. The molecule has 2 fully saturated rings. The standard InChI is InChI=1S/C26H26F3NO5/c27-20-6-3-17(4-7-20)24(31)30-10-1-2-21(14-30)34-23-12-18(5-8-22(23)35-25(28)29)19-13-26(33-15-19)9-11-32-16-26/h3-8,12,15,21,25H,1-2,9-11,13-14,16H2. The Morgan fingerprint density at radius 2 is 1.97 bits per heavy atom. The fourth-order valence-electron chi connectivity index (χ4n) is 4.78. The molecule has 1 amide bonds. The molecule has 0 radical (unpaired) electrons. The zero-order chi connectivity index (χ0) is 24.4. The second-order valence-corrected chi connectivity index (χ2v) is 9.10. The van der Waals surface area contributed by atoms with Gasteiger partial charge in [-0.1, -0.05) is 6.07 Å². The number of likely N-dealkylation sites (tertiary alicyclic amines) is 1. The molecule has 3 heterocycles. The number of alkyl halides is 2. The van der Waals surface area contributed by atoms with Crippen LogP contribution in [-0.2, 0) is 9.47 Å². The molecule has 0 aromatic heterocycles. The Morgan fingerprint density at radius 3 is 2.71 bits per heavy atom. The molecule has 5 rings (SSSR count). The maximum absolute atomic E-state index is 13.2. The minimum absolute atomic E-state index is 0.0656. The number of rotatable bonds is 6. The molecule has 0 bridgehead atoms. The number of carbonyl (C=O) groups excluding carboxylic acids is 1. The largest absolute Gasteiger partial charge is 0.492 e. The van der Waals surface area contributed by atoms with Crippen molar-refractivity contribution in [3.8, 4) is 11.5 Å². The Hall–Kier alpha value is -3.20. The van der Waals surface area contributed by atoms with Crippen molar-refractivity contribution in [1.29, 1.82) is 0 Å². The van der Waals surface area contributed by atoms with Crippen LogP contribution in [0.4, 0.5) is 13.2 Å². The van der Waals surface area contributed by atoms with Crippen molar-refractivity contribution in [3.05, 3.63) is 65.7 Å². The van der Waals surface area contributed by atoms with Gasteiger partial charge in [-0.2, -0.15) is 8.78 Å². The number of benzene rings is 2. The number of hydrogen-bond donors (Lipinski definition) is 0. The molecule has 0 aliphatic carbocycles. The highest BCUT2D eigenvalue weighted by Gasteiger charge is 2.41. The molecular weight excluding hydrogens is 463 g/mol. The van der Waals surface area contributed by atoms with E-state index in [0.717, 1.165) is 17.6 Å².